The third-order valence-corrected chi connectivity index (χ3v) is 4.89. The molecule has 2 aromatic rings. The maximum atomic E-state index is 12.8. The molecule has 1 amide bonds. The highest BCUT2D eigenvalue weighted by atomic mass is 35.5. The molecule has 3 atom stereocenters. The van der Waals surface area contributed by atoms with E-state index in [1.165, 1.54) is 0 Å². The maximum absolute atomic E-state index is 12.8. The van der Waals surface area contributed by atoms with Gasteiger partial charge in [-0.3, -0.25) is 10.2 Å². The van der Waals surface area contributed by atoms with Gasteiger partial charge in [0.1, 0.15) is 5.75 Å². The summed E-state index contributed by atoms with van der Waals surface area (Å²) in [6, 6.07) is 15.4. The molecular formula is C20H24ClN3O2. The molecule has 6 heteroatoms. The molecule has 138 valence electrons. The van der Waals surface area contributed by atoms with Crippen molar-refractivity contribution in [3.63, 3.8) is 0 Å². The second-order valence-corrected chi connectivity index (χ2v) is 6.78. The van der Waals surface area contributed by atoms with Crippen LogP contribution in [0.15, 0.2) is 48.5 Å². The van der Waals surface area contributed by atoms with Crippen LogP contribution in [0.1, 0.15) is 37.1 Å². The van der Waals surface area contributed by atoms with Gasteiger partial charge in [-0.2, -0.15) is 0 Å². The van der Waals surface area contributed by atoms with Crippen LogP contribution >= 0.6 is 11.6 Å². The fraction of sp³-hybridized carbons (Fsp3) is 0.350. The number of carbonyl (C=O) groups is 1. The smallest absolute Gasteiger partial charge is 0.226 e. The van der Waals surface area contributed by atoms with E-state index in [0.29, 0.717) is 23.9 Å². The molecule has 3 unspecified atom stereocenters. The molecular weight excluding hydrogens is 350 g/mol. The second kappa shape index (κ2) is 8.54. The van der Waals surface area contributed by atoms with Crippen molar-refractivity contribution in [2.75, 3.05) is 13.2 Å². The minimum atomic E-state index is -0.227. The number of ether oxygens (including phenoxy) is 1. The highest BCUT2D eigenvalue weighted by Gasteiger charge is 2.34. The number of rotatable bonds is 6. The lowest BCUT2D eigenvalue weighted by Crippen LogP contribution is -2.36. The Bertz CT molecular complexity index is 754. The Hall–Kier alpha value is -2.08. The predicted molar refractivity (Wildman–Crippen MR) is 103 cm³/mol. The van der Waals surface area contributed by atoms with Gasteiger partial charge in [0, 0.05) is 6.54 Å². The third kappa shape index (κ3) is 4.18. The van der Waals surface area contributed by atoms with Crippen molar-refractivity contribution in [3.05, 3.63) is 64.7 Å². The molecule has 0 bridgehead atoms. The summed E-state index contributed by atoms with van der Waals surface area (Å²) in [5, 5.41) is 3.66. The number of benzene rings is 2. The van der Waals surface area contributed by atoms with Gasteiger partial charge < -0.3 is 10.1 Å². The van der Waals surface area contributed by atoms with Gasteiger partial charge in [-0.05, 0) is 37.1 Å². The van der Waals surface area contributed by atoms with Crippen LogP contribution in [0.2, 0.25) is 5.02 Å². The summed E-state index contributed by atoms with van der Waals surface area (Å²) < 4.78 is 5.48. The summed E-state index contributed by atoms with van der Waals surface area (Å²) in [5.41, 5.74) is 8.31. The second-order valence-electron chi connectivity index (χ2n) is 6.37. The first-order chi connectivity index (χ1) is 12.6. The van der Waals surface area contributed by atoms with Crippen molar-refractivity contribution in [3.8, 4) is 5.75 Å². The Balaban J connectivity index is 1.71. The maximum Gasteiger partial charge on any atom is 0.226 e. The molecule has 3 rings (SSSR count). The van der Waals surface area contributed by atoms with E-state index < -0.39 is 0 Å². The number of hydrazine groups is 1. The van der Waals surface area contributed by atoms with E-state index in [0.717, 1.165) is 11.1 Å². The van der Waals surface area contributed by atoms with Gasteiger partial charge in [0.05, 0.1) is 29.6 Å². The lowest BCUT2D eigenvalue weighted by atomic mass is 9.93. The molecule has 1 heterocycles. The monoisotopic (exact) mass is 373 g/mol. The van der Waals surface area contributed by atoms with E-state index in [1.54, 1.807) is 0 Å². The minimum Gasteiger partial charge on any atom is -0.492 e. The number of halogens is 1. The fourth-order valence-corrected chi connectivity index (χ4v) is 3.43. The largest absolute Gasteiger partial charge is 0.492 e. The quantitative estimate of drug-likeness (QED) is 0.726. The number of nitrogens with one attached hydrogen (secondary N) is 3. The molecule has 0 radical (unpaired) electrons. The molecule has 26 heavy (non-hydrogen) atoms. The van der Waals surface area contributed by atoms with Gasteiger partial charge in [-0.1, -0.05) is 48.0 Å². The Morgan fingerprint density at radius 3 is 2.77 bits per heavy atom. The molecule has 0 aromatic heterocycles. The van der Waals surface area contributed by atoms with Crippen LogP contribution in [0.4, 0.5) is 0 Å². The first kappa shape index (κ1) is 18.7. The van der Waals surface area contributed by atoms with Crippen molar-refractivity contribution >= 4 is 17.5 Å². The van der Waals surface area contributed by atoms with Crippen molar-refractivity contribution in [1.29, 1.82) is 0 Å². The standard InChI is InChI=1S/C20H24ClN3O2/c1-3-26-18-10-9-15(11-17(18)21)19-16(12-22-24-19)20(25)23-13(2)14-7-5-4-6-8-14/h4-11,13,16,19,22,24H,3,12H2,1-2H3,(H,23,25). The summed E-state index contributed by atoms with van der Waals surface area (Å²) in [6.07, 6.45) is 0. The average Bonchev–Trinajstić information content (AvgIpc) is 3.14. The molecule has 1 aliphatic rings. The van der Waals surface area contributed by atoms with Crippen LogP contribution in [0.3, 0.4) is 0 Å². The highest BCUT2D eigenvalue weighted by molar-refractivity contribution is 6.32. The Kier molecular flexibility index (Phi) is 6.14. The van der Waals surface area contributed by atoms with Gasteiger partial charge in [0.25, 0.3) is 0 Å². The SMILES string of the molecule is CCOc1ccc(C2NNCC2C(=O)NC(C)c2ccccc2)cc1Cl. The summed E-state index contributed by atoms with van der Waals surface area (Å²) in [5.74, 6) is 0.437. The molecule has 3 N–H and O–H groups in total. The summed E-state index contributed by atoms with van der Waals surface area (Å²) in [7, 11) is 0. The minimum absolute atomic E-state index is 0.00820. The summed E-state index contributed by atoms with van der Waals surface area (Å²) in [6.45, 7) is 5.03. The lowest BCUT2D eigenvalue weighted by molar-refractivity contribution is -0.125. The normalized spacial score (nSPS) is 20.6. The van der Waals surface area contributed by atoms with Gasteiger partial charge >= 0.3 is 0 Å². The Morgan fingerprint density at radius 2 is 2.08 bits per heavy atom. The molecule has 1 aliphatic heterocycles. The Morgan fingerprint density at radius 1 is 1.31 bits per heavy atom. The summed E-state index contributed by atoms with van der Waals surface area (Å²) >= 11 is 6.30. The van der Waals surface area contributed by atoms with Gasteiger partial charge in [0.15, 0.2) is 0 Å². The topological polar surface area (TPSA) is 62.4 Å². The van der Waals surface area contributed by atoms with E-state index in [1.807, 2.05) is 62.4 Å². The predicted octanol–water partition coefficient (Wildman–Crippen LogP) is 3.38. The zero-order chi connectivity index (χ0) is 18.5. The van der Waals surface area contributed by atoms with E-state index in [2.05, 4.69) is 16.2 Å². The molecule has 0 aliphatic carbocycles. The first-order valence-electron chi connectivity index (χ1n) is 8.86. The van der Waals surface area contributed by atoms with Gasteiger partial charge in [-0.15, -0.1) is 0 Å². The van der Waals surface area contributed by atoms with Crippen LogP contribution in [0.25, 0.3) is 0 Å². The molecule has 0 spiro atoms. The Labute approximate surface area is 159 Å². The fourth-order valence-electron chi connectivity index (χ4n) is 3.19. The lowest BCUT2D eigenvalue weighted by Gasteiger charge is -2.22. The van der Waals surface area contributed by atoms with Crippen LogP contribution < -0.4 is 20.9 Å². The van der Waals surface area contributed by atoms with Gasteiger partial charge in [-0.25, -0.2) is 5.43 Å². The molecule has 2 aromatic carbocycles. The first-order valence-corrected chi connectivity index (χ1v) is 9.24. The zero-order valence-corrected chi connectivity index (χ0v) is 15.7. The van der Waals surface area contributed by atoms with E-state index in [-0.39, 0.29) is 23.9 Å². The number of hydrogen-bond donors (Lipinski definition) is 3. The number of amides is 1. The van der Waals surface area contributed by atoms with E-state index >= 15 is 0 Å². The molecule has 5 nitrogen and oxygen atoms in total. The average molecular weight is 374 g/mol. The zero-order valence-electron chi connectivity index (χ0n) is 15.0. The van der Waals surface area contributed by atoms with E-state index in [9.17, 15) is 4.79 Å². The van der Waals surface area contributed by atoms with Crippen LogP contribution in [-0.4, -0.2) is 19.1 Å². The summed E-state index contributed by atoms with van der Waals surface area (Å²) in [4.78, 5) is 12.8. The van der Waals surface area contributed by atoms with Crippen LogP contribution in [-0.2, 0) is 4.79 Å². The van der Waals surface area contributed by atoms with Crippen molar-refractivity contribution in [1.82, 2.24) is 16.2 Å². The molecule has 1 fully saturated rings. The third-order valence-electron chi connectivity index (χ3n) is 4.59. The highest BCUT2D eigenvalue weighted by Crippen LogP contribution is 2.32. The van der Waals surface area contributed by atoms with Crippen molar-refractivity contribution in [2.45, 2.75) is 25.9 Å². The van der Waals surface area contributed by atoms with Crippen molar-refractivity contribution in [2.24, 2.45) is 5.92 Å². The molecule has 1 saturated heterocycles. The van der Waals surface area contributed by atoms with Crippen molar-refractivity contribution < 1.29 is 9.53 Å². The van der Waals surface area contributed by atoms with Crippen LogP contribution in [0, 0.1) is 5.92 Å². The molecule has 0 saturated carbocycles. The van der Waals surface area contributed by atoms with Gasteiger partial charge in [0.2, 0.25) is 5.91 Å². The van der Waals surface area contributed by atoms with Crippen LogP contribution in [0.5, 0.6) is 5.75 Å². The van der Waals surface area contributed by atoms with E-state index in [4.69, 9.17) is 16.3 Å². The number of hydrogen-bond acceptors (Lipinski definition) is 4. The number of carbonyl (C=O) groups excluding carboxylic acids is 1.